The fourth-order valence-corrected chi connectivity index (χ4v) is 2.71. The second-order valence-electron chi connectivity index (χ2n) is 5.35. The summed E-state index contributed by atoms with van der Waals surface area (Å²) in [6, 6.07) is 3.97. The summed E-state index contributed by atoms with van der Waals surface area (Å²) < 4.78 is 4.98. The predicted octanol–water partition coefficient (Wildman–Crippen LogP) is 2.75. The fraction of sp³-hybridized carbons (Fsp3) is 0.400. The minimum atomic E-state index is -0.915. The molecule has 0 aliphatic heterocycles. The van der Waals surface area contributed by atoms with Crippen molar-refractivity contribution in [3.05, 3.63) is 28.8 Å². The van der Waals surface area contributed by atoms with Crippen LogP contribution in [0.5, 0.6) is 6.01 Å². The van der Waals surface area contributed by atoms with E-state index in [2.05, 4.69) is 15.2 Å². The first kappa shape index (κ1) is 13.6. The maximum Gasteiger partial charge on any atom is 0.335 e. The summed E-state index contributed by atoms with van der Waals surface area (Å²) in [5.74, 6) is 0.0594. The van der Waals surface area contributed by atoms with Gasteiger partial charge >= 0.3 is 12.0 Å². The number of methoxy groups -OCH3 is 1. The summed E-state index contributed by atoms with van der Waals surface area (Å²) in [6.07, 6.45) is 3.43. The van der Waals surface area contributed by atoms with Gasteiger partial charge in [0, 0.05) is 5.56 Å². The standard InChI is InChI=1S/C15H17N3O3/c1-8-11(9-4-3-5-9)6-10(7-12(8)14(19)20)13-16-15(21-2)18-17-13/h6-7,9H,3-5H2,1-2H3,(H,19,20)(H,16,17,18). The van der Waals surface area contributed by atoms with Crippen LogP contribution >= 0.6 is 0 Å². The van der Waals surface area contributed by atoms with Crippen LogP contribution in [0.2, 0.25) is 0 Å². The molecule has 6 nitrogen and oxygen atoms in total. The second kappa shape index (κ2) is 5.20. The number of nitrogens with one attached hydrogen (secondary N) is 1. The summed E-state index contributed by atoms with van der Waals surface area (Å²) in [5.41, 5.74) is 3.01. The van der Waals surface area contributed by atoms with Gasteiger partial charge in [-0.1, -0.05) is 11.5 Å². The van der Waals surface area contributed by atoms with E-state index in [9.17, 15) is 9.90 Å². The molecule has 21 heavy (non-hydrogen) atoms. The first-order chi connectivity index (χ1) is 10.1. The number of ether oxygens (including phenoxy) is 1. The molecule has 1 aromatic carbocycles. The third-order valence-electron chi connectivity index (χ3n) is 4.16. The number of aromatic carboxylic acids is 1. The van der Waals surface area contributed by atoms with Gasteiger partial charge in [0.1, 0.15) is 0 Å². The second-order valence-corrected chi connectivity index (χ2v) is 5.35. The number of H-pyrrole nitrogens is 1. The molecule has 2 N–H and O–H groups in total. The zero-order valence-electron chi connectivity index (χ0n) is 12.0. The van der Waals surface area contributed by atoms with Crippen molar-refractivity contribution >= 4 is 5.97 Å². The Balaban J connectivity index is 2.11. The van der Waals surface area contributed by atoms with Crippen molar-refractivity contribution in [1.82, 2.24) is 15.2 Å². The van der Waals surface area contributed by atoms with E-state index in [1.807, 2.05) is 13.0 Å². The first-order valence-electron chi connectivity index (χ1n) is 6.95. The highest BCUT2D eigenvalue weighted by Crippen LogP contribution is 2.40. The lowest BCUT2D eigenvalue weighted by Gasteiger charge is -2.28. The molecule has 0 amide bonds. The van der Waals surface area contributed by atoms with Gasteiger partial charge < -0.3 is 9.84 Å². The third kappa shape index (κ3) is 2.37. The number of rotatable bonds is 4. The lowest BCUT2D eigenvalue weighted by Crippen LogP contribution is -2.13. The summed E-state index contributed by atoms with van der Waals surface area (Å²) in [4.78, 5) is 14.4. The Labute approximate surface area is 122 Å². The number of aromatic amines is 1. The first-order valence-corrected chi connectivity index (χ1v) is 6.95. The summed E-state index contributed by atoms with van der Waals surface area (Å²) >= 11 is 0. The molecule has 0 spiro atoms. The smallest absolute Gasteiger partial charge is 0.335 e. The monoisotopic (exact) mass is 287 g/mol. The van der Waals surface area contributed by atoms with Crippen molar-refractivity contribution in [2.24, 2.45) is 0 Å². The van der Waals surface area contributed by atoms with Crippen molar-refractivity contribution < 1.29 is 14.6 Å². The molecule has 1 heterocycles. The molecule has 0 unspecified atom stereocenters. The number of hydrogen-bond donors (Lipinski definition) is 2. The van der Waals surface area contributed by atoms with Crippen molar-refractivity contribution in [1.29, 1.82) is 0 Å². The van der Waals surface area contributed by atoms with Crippen LogP contribution in [-0.2, 0) is 0 Å². The quantitative estimate of drug-likeness (QED) is 0.902. The van der Waals surface area contributed by atoms with E-state index < -0.39 is 5.97 Å². The van der Waals surface area contributed by atoms with Crippen molar-refractivity contribution in [2.45, 2.75) is 32.1 Å². The Morgan fingerprint density at radius 2 is 2.14 bits per heavy atom. The molecule has 6 heteroatoms. The Morgan fingerprint density at radius 1 is 1.38 bits per heavy atom. The maximum atomic E-state index is 11.5. The van der Waals surface area contributed by atoms with Crippen LogP contribution in [0.4, 0.5) is 0 Å². The van der Waals surface area contributed by atoms with Gasteiger partial charge in [-0.2, -0.15) is 0 Å². The molecule has 1 aliphatic rings. The van der Waals surface area contributed by atoms with Gasteiger partial charge in [-0.25, -0.2) is 4.79 Å². The van der Waals surface area contributed by atoms with E-state index in [1.54, 1.807) is 6.07 Å². The minimum Gasteiger partial charge on any atom is -0.478 e. The van der Waals surface area contributed by atoms with Crippen molar-refractivity contribution in [3.8, 4) is 17.4 Å². The van der Waals surface area contributed by atoms with Crippen LogP contribution in [0, 0.1) is 6.92 Å². The van der Waals surface area contributed by atoms with E-state index >= 15 is 0 Å². The number of hydrogen-bond acceptors (Lipinski definition) is 4. The van der Waals surface area contributed by atoms with Crippen LogP contribution in [0.1, 0.15) is 46.7 Å². The van der Waals surface area contributed by atoms with Crippen molar-refractivity contribution in [2.75, 3.05) is 7.11 Å². The molecule has 2 aromatic rings. The molecular weight excluding hydrogens is 270 g/mol. The molecule has 0 radical (unpaired) electrons. The number of carbonyl (C=O) groups is 1. The van der Waals surface area contributed by atoms with Gasteiger partial charge in [0.2, 0.25) is 0 Å². The van der Waals surface area contributed by atoms with Crippen LogP contribution in [-0.4, -0.2) is 33.4 Å². The molecule has 1 aliphatic carbocycles. The normalized spacial score (nSPS) is 14.8. The average Bonchev–Trinajstić information content (AvgIpc) is 2.87. The van der Waals surface area contributed by atoms with E-state index in [0.29, 0.717) is 23.3 Å². The van der Waals surface area contributed by atoms with Gasteiger partial charge in [-0.05, 0) is 48.9 Å². The Hall–Kier alpha value is -2.37. The number of aromatic nitrogens is 3. The maximum absolute atomic E-state index is 11.5. The number of carboxylic acid groups (broad SMARTS) is 1. The molecular formula is C15H17N3O3. The Kier molecular flexibility index (Phi) is 3.37. The lowest BCUT2D eigenvalue weighted by molar-refractivity contribution is 0.0696. The largest absolute Gasteiger partial charge is 0.478 e. The Morgan fingerprint density at radius 3 is 2.67 bits per heavy atom. The van der Waals surface area contributed by atoms with Gasteiger partial charge in [0.05, 0.1) is 12.7 Å². The van der Waals surface area contributed by atoms with Crippen LogP contribution in [0.15, 0.2) is 12.1 Å². The zero-order valence-corrected chi connectivity index (χ0v) is 12.0. The lowest BCUT2D eigenvalue weighted by atomic mass is 9.77. The highest BCUT2D eigenvalue weighted by Gasteiger charge is 2.25. The Bertz CT molecular complexity index is 689. The van der Waals surface area contributed by atoms with Gasteiger partial charge in [-0.15, -0.1) is 5.10 Å². The topological polar surface area (TPSA) is 88.1 Å². The minimum absolute atomic E-state index is 0.313. The van der Waals surface area contributed by atoms with Crippen LogP contribution in [0.3, 0.4) is 0 Å². The molecule has 1 fully saturated rings. The predicted molar refractivity (Wildman–Crippen MR) is 76.7 cm³/mol. The molecule has 1 aromatic heterocycles. The molecule has 0 atom stereocenters. The van der Waals surface area contributed by atoms with Gasteiger partial charge in [0.15, 0.2) is 5.82 Å². The molecule has 1 saturated carbocycles. The van der Waals surface area contributed by atoms with E-state index in [4.69, 9.17) is 4.74 Å². The van der Waals surface area contributed by atoms with Crippen molar-refractivity contribution in [3.63, 3.8) is 0 Å². The van der Waals surface area contributed by atoms with E-state index in [1.165, 1.54) is 13.5 Å². The molecule has 3 rings (SSSR count). The SMILES string of the molecule is COc1nnc(-c2cc(C(=O)O)c(C)c(C3CCC3)c2)[nH]1. The number of nitrogens with zero attached hydrogens (tertiary/aromatic N) is 2. The molecule has 110 valence electrons. The van der Waals surface area contributed by atoms with Crippen LogP contribution in [0.25, 0.3) is 11.4 Å². The zero-order chi connectivity index (χ0) is 15.0. The van der Waals surface area contributed by atoms with E-state index in [-0.39, 0.29) is 0 Å². The van der Waals surface area contributed by atoms with E-state index in [0.717, 1.165) is 29.5 Å². The van der Waals surface area contributed by atoms with Crippen LogP contribution < -0.4 is 4.74 Å². The average molecular weight is 287 g/mol. The summed E-state index contributed by atoms with van der Waals surface area (Å²) in [6.45, 7) is 1.88. The number of carboxylic acids is 1. The highest BCUT2D eigenvalue weighted by atomic mass is 16.5. The molecule has 0 bridgehead atoms. The third-order valence-corrected chi connectivity index (χ3v) is 4.16. The van der Waals surface area contributed by atoms with Gasteiger partial charge in [0.25, 0.3) is 0 Å². The van der Waals surface area contributed by atoms with Gasteiger partial charge in [-0.3, -0.25) is 4.98 Å². The fourth-order valence-electron chi connectivity index (χ4n) is 2.71. The summed E-state index contributed by atoms with van der Waals surface area (Å²) in [7, 11) is 1.50. The highest BCUT2D eigenvalue weighted by molar-refractivity contribution is 5.91. The number of benzene rings is 1. The molecule has 0 saturated heterocycles. The summed E-state index contributed by atoms with van der Waals surface area (Å²) in [5, 5.41) is 17.3.